The molecule has 0 aliphatic carbocycles. The fraction of sp³-hybridized carbons (Fsp3) is 0.692. The number of rotatable bonds is 16. The molecule has 0 bridgehead atoms. The highest BCUT2D eigenvalue weighted by Crippen LogP contribution is 2.34. The standard InChI is InChI=1S/C78H121F2N13O13/c1-47(2)37-59-72(101)87(14)61(39-49(5)6)74(103)88(15)60(38-48(3)4)73(102)86(13)57(41-53-27-21-18-22-28-53)68(97)84-67(52(11)94)77(106)90(17)63(42-54-29-23-19-24-30-54)75(104)89(16)62(40-50(7)8)76(105)93-46-55(91-35-31-78(79,80)32-36-91)43-58(93)69(98)82-56(71(100)92-33-25-20-26-34-92)44-64(95)83-66(51(9)10)70(99)81-45-65(96)85(59)12/h18-19,21-24,27-30,47-52,55-63,66-67,94H,20,25-26,31-46H2,1-17H3,(H,81,99)(H,82,98)(H,83,95)(H,84,97)/t52-,55-,56+,57+,58+,59+,60+,61+,62+,63+,66-,67+/m1/s1. The Morgan fingerprint density at radius 1 is 0.491 bits per heavy atom. The predicted octanol–water partition coefficient (Wildman–Crippen LogP) is 4.34. The number of hydrogen-bond donors (Lipinski definition) is 5. The van der Waals surface area contributed by atoms with Crippen molar-refractivity contribution in [2.24, 2.45) is 29.6 Å². The van der Waals surface area contributed by atoms with Crippen LogP contribution in [0.3, 0.4) is 0 Å². The Labute approximate surface area is 626 Å². The summed E-state index contributed by atoms with van der Waals surface area (Å²) in [5.74, 6) is -13.4. The van der Waals surface area contributed by atoms with Crippen molar-refractivity contribution in [3.8, 4) is 0 Å². The molecule has 0 saturated carbocycles. The number of likely N-dealkylation sites (N-methyl/N-ethyl adjacent to an activating group) is 6. The van der Waals surface area contributed by atoms with Crippen molar-refractivity contribution in [3.63, 3.8) is 0 Å². The minimum absolute atomic E-state index is 0.00517. The van der Waals surface area contributed by atoms with Crippen molar-refractivity contribution in [3.05, 3.63) is 71.8 Å². The monoisotopic (exact) mass is 1490 g/mol. The molecule has 106 heavy (non-hydrogen) atoms. The summed E-state index contributed by atoms with van der Waals surface area (Å²) < 4.78 is 29.7. The highest BCUT2D eigenvalue weighted by molar-refractivity contribution is 6.00. The molecule has 12 amide bonds. The molecule has 4 saturated heterocycles. The van der Waals surface area contributed by atoms with Gasteiger partial charge in [0, 0.05) is 107 Å². The van der Waals surface area contributed by atoms with E-state index in [1.165, 1.54) is 83.5 Å². The molecule has 590 valence electrons. The lowest BCUT2D eigenvalue weighted by Gasteiger charge is -2.40. The molecule has 26 nitrogen and oxygen atoms in total. The topological polar surface area (TPSA) is 302 Å². The summed E-state index contributed by atoms with van der Waals surface area (Å²) in [6, 6.07) is 2.94. The highest BCUT2D eigenvalue weighted by atomic mass is 19.3. The van der Waals surface area contributed by atoms with E-state index >= 15 is 38.4 Å². The second-order valence-corrected chi connectivity index (χ2v) is 31.9. The lowest BCUT2D eigenvalue weighted by Crippen LogP contribution is -2.63. The third-order valence-electron chi connectivity index (χ3n) is 21.3. The molecule has 12 atom stereocenters. The molecule has 0 aromatic heterocycles. The van der Waals surface area contributed by atoms with Crippen LogP contribution in [0.2, 0.25) is 0 Å². The van der Waals surface area contributed by atoms with Gasteiger partial charge in [-0.1, -0.05) is 130 Å². The summed E-state index contributed by atoms with van der Waals surface area (Å²) >= 11 is 0. The van der Waals surface area contributed by atoms with E-state index in [1.807, 2.05) is 55.4 Å². The van der Waals surface area contributed by atoms with E-state index in [0.29, 0.717) is 37.1 Å². The largest absolute Gasteiger partial charge is 0.391 e. The zero-order valence-electron chi connectivity index (χ0n) is 65.7. The lowest BCUT2D eigenvalue weighted by atomic mass is 9.95. The Kier molecular flexibility index (Phi) is 32.0. The molecule has 4 aliphatic heterocycles. The summed E-state index contributed by atoms with van der Waals surface area (Å²) in [7, 11) is 8.49. The van der Waals surface area contributed by atoms with Crippen LogP contribution in [-0.2, 0) is 70.4 Å². The van der Waals surface area contributed by atoms with E-state index in [4.69, 9.17) is 0 Å². The molecule has 0 unspecified atom stereocenters. The van der Waals surface area contributed by atoms with Gasteiger partial charge in [-0.25, -0.2) is 8.78 Å². The lowest BCUT2D eigenvalue weighted by molar-refractivity contribution is -0.155. The van der Waals surface area contributed by atoms with Crippen molar-refractivity contribution in [1.29, 1.82) is 0 Å². The quantitative estimate of drug-likeness (QED) is 0.156. The number of amides is 12. The smallest absolute Gasteiger partial charge is 0.250 e. The maximum absolute atomic E-state index is 15.9. The number of alkyl halides is 2. The highest BCUT2D eigenvalue weighted by Gasteiger charge is 2.50. The van der Waals surface area contributed by atoms with Crippen LogP contribution in [0.5, 0.6) is 0 Å². The van der Waals surface area contributed by atoms with E-state index in [1.54, 1.807) is 79.4 Å². The molecule has 0 spiro atoms. The number of fused-ring (bicyclic) bond motifs is 1. The second kappa shape index (κ2) is 39.1. The number of nitrogens with one attached hydrogen (secondary N) is 4. The Bertz CT molecular complexity index is 3350. The fourth-order valence-corrected chi connectivity index (χ4v) is 14.8. The van der Waals surface area contributed by atoms with Crippen LogP contribution in [0.1, 0.15) is 158 Å². The molecule has 2 aromatic carbocycles. The van der Waals surface area contributed by atoms with Gasteiger partial charge in [-0.05, 0) is 99.0 Å². The first-order valence-corrected chi connectivity index (χ1v) is 38.0. The maximum atomic E-state index is 15.9. The Morgan fingerprint density at radius 2 is 0.915 bits per heavy atom. The number of aliphatic hydroxyl groups is 1. The van der Waals surface area contributed by atoms with Gasteiger partial charge in [0.15, 0.2) is 0 Å². The van der Waals surface area contributed by atoms with Crippen LogP contribution in [0.15, 0.2) is 60.7 Å². The number of piperidine rings is 2. The van der Waals surface area contributed by atoms with Gasteiger partial charge in [0.1, 0.15) is 60.4 Å². The first-order chi connectivity index (χ1) is 49.7. The maximum Gasteiger partial charge on any atom is 0.250 e. The number of nitrogens with zero attached hydrogens (tertiary/aromatic N) is 9. The van der Waals surface area contributed by atoms with Crippen molar-refractivity contribution in [1.82, 2.24) is 65.4 Å². The van der Waals surface area contributed by atoms with Crippen molar-refractivity contribution >= 4 is 70.9 Å². The van der Waals surface area contributed by atoms with Gasteiger partial charge < -0.3 is 65.6 Å². The van der Waals surface area contributed by atoms with E-state index < -0.39 is 181 Å². The van der Waals surface area contributed by atoms with E-state index in [9.17, 15) is 33.1 Å². The zero-order chi connectivity index (χ0) is 78.9. The van der Waals surface area contributed by atoms with Crippen LogP contribution in [0.25, 0.3) is 0 Å². The average Bonchev–Trinajstić information content (AvgIpc) is 1.47. The fourth-order valence-electron chi connectivity index (χ4n) is 14.8. The molecule has 4 aliphatic rings. The van der Waals surface area contributed by atoms with E-state index in [0.717, 1.165) is 11.3 Å². The minimum atomic E-state index is -2.96. The number of aliphatic hydroxyl groups excluding tert-OH is 1. The Balaban J connectivity index is 1.52. The van der Waals surface area contributed by atoms with Gasteiger partial charge in [-0.15, -0.1) is 0 Å². The molecule has 28 heteroatoms. The molecule has 0 radical (unpaired) electrons. The molecule has 6 rings (SSSR count). The summed E-state index contributed by atoms with van der Waals surface area (Å²) in [6.45, 7) is 19.1. The van der Waals surface area contributed by atoms with Crippen LogP contribution >= 0.6 is 0 Å². The van der Waals surface area contributed by atoms with Crippen LogP contribution in [0.4, 0.5) is 8.78 Å². The van der Waals surface area contributed by atoms with Gasteiger partial charge in [0.05, 0.1) is 19.1 Å². The summed E-state index contributed by atoms with van der Waals surface area (Å²) in [5.41, 5.74) is 1.19. The van der Waals surface area contributed by atoms with Crippen LogP contribution in [-0.4, -0.2) is 280 Å². The van der Waals surface area contributed by atoms with E-state index in [-0.39, 0.29) is 88.3 Å². The summed E-state index contributed by atoms with van der Waals surface area (Å²) in [5, 5.41) is 22.7. The first-order valence-electron chi connectivity index (χ1n) is 38.0. The normalized spacial score (nSPS) is 27.1. The summed E-state index contributed by atoms with van der Waals surface area (Å²) in [4.78, 5) is 194. The molecule has 2 aromatic rings. The number of carbonyl (C=O) groups excluding carboxylic acids is 12. The summed E-state index contributed by atoms with van der Waals surface area (Å²) in [6.07, 6.45) is -1.24. The molecule has 5 N–H and O–H groups in total. The van der Waals surface area contributed by atoms with Crippen molar-refractivity contribution in [2.45, 2.75) is 238 Å². The number of benzene rings is 2. The number of carbonyl (C=O) groups is 12. The van der Waals surface area contributed by atoms with E-state index in [2.05, 4.69) is 21.3 Å². The van der Waals surface area contributed by atoms with Crippen LogP contribution in [0, 0.1) is 29.6 Å². The third kappa shape index (κ3) is 23.2. The Morgan fingerprint density at radius 3 is 1.37 bits per heavy atom. The van der Waals surface area contributed by atoms with Crippen molar-refractivity contribution in [2.75, 3.05) is 81.6 Å². The van der Waals surface area contributed by atoms with Gasteiger partial charge in [0.25, 0.3) is 5.92 Å². The Hall–Kier alpha value is -8.14. The van der Waals surface area contributed by atoms with Gasteiger partial charge in [0.2, 0.25) is 70.9 Å². The molecular weight excluding hydrogens is 1360 g/mol. The molecule has 4 heterocycles. The first kappa shape index (κ1) is 86.8. The third-order valence-corrected chi connectivity index (χ3v) is 21.3. The number of halogens is 2. The number of likely N-dealkylation sites (tertiary alicyclic amines) is 2. The second-order valence-electron chi connectivity index (χ2n) is 31.9. The SMILES string of the molecule is CC(C)C[C@H]1C(=O)N(C)[C@@H](CC(C)C)C(=O)N(C)[C@@H](CC(C)C)C(=O)N(C)[C@@H](Cc2ccccc2)C(=O)N[C@@H]([C@@H](C)O)C(=O)N(C)[C@@H](Cc2ccccc2)C(=O)N(C)[C@@H](CC(C)C)C(=O)N2C[C@H](N3CCC(F)(F)CC3)C[C@H]2C(=O)N[C@H](C(=O)N2CCCCC2)CC(=O)N[C@H](C(C)C)C(=O)NCC(=O)N1C. The van der Waals surface area contributed by atoms with Crippen LogP contribution < -0.4 is 21.3 Å². The van der Waals surface area contributed by atoms with Crippen molar-refractivity contribution < 1.29 is 71.4 Å². The predicted molar refractivity (Wildman–Crippen MR) is 397 cm³/mol. The van der Waals surface area contributed by atoms with Gasteiger partial charge in [-0.3, -0.25) is 62.4 Å². The van der Waals surface area contributed by atoms with Gasteiger partial charge in [-0.2, -0.15) is 0 Å². The average molecular weight is 1490 g/mol. The van der Waals surface area contributed by atoms with Gasteiger partial charge >= 0.3 is 0 Å². The molecular formula is C78H121F2N13O13. The molecule has 4 fully saturated rings. The zero-order valence-corrected chi connectivity index (χ0v) is 65.7. The minimum Gasteiger partial charge on any atom is -0.391 e. The number of hydrogen-bond acceptors (Lipinski definition) is 14.